The monoisotopic (exact) mass is 321 g/mol. The summed E-state index contributed by atoms with van der Waals surface area (Å²) in [5.74, 6) is -0.817. The molecule has 0 amide bonds. The molecule has 0 bridgehead atoms. The summed E-state index contributed by atoms with van der Waals surface area (Å²) in [6.07, 6.45) is 1.50. The van der Waals surface area contributed by atoms with Crippen molar-refractivity contribution in [2.45, 2.75) is 25.8 Å². The second-order valence-electron chi connectivity index (χ2n) is 5.56. The van der Waals surface area contributed by atoms with E-state index in [2.05, 4.69) is 40.8 Å². The van der Waals surface area contributed by atoms with Crippen LogP contribution < -0.4 is 0 Å². The fourth-order valence-electron chi connectivity index (χ4n) is 2.99. The van der Waals surface area contributed by atoms with Crippen LogP contribution in [0.1, 0.15) is 34.2 Å². The first kappa shape index (κ1) is 14.8. The van der Waals surface area contributed by atoms with Gasteiger partial charge in [0, 0.05) is 9.75 Å². The fraction of sp³-hybridized carbons (Fsp3) is 0.438. The van der Waals surface area contributed by atoms with Crippen LogP contribution in [0.25, 0.3) is 0 Å². The number of nitrogens with zero attached hydrogens (tertiary/aromatic N) is 1. The smallest absolute Gasteiger partial charge is 0.306 e. The first-order chi connectivity index (χ1) is 10.1. The Balaban J connectivity index is 1.82. The van der Waals surface area contributed by atoms with Gasteiger partial charge in [-0.25, -0.2) is 0 Å². The predicted molar refractivity (Wildman–Crippen MR) is 87.2 cm³/mol. The molecule has 5 heteroatoms. The van der Waals surface area contributed by atoms with Crippen molar-refractivity contribution in [3.63, 3.8) is 0 Å². The normalized spacial score (nSPS) is 18.7. The summed E-state index contributed by atoms with van der Waals surface area (Å²) in [7, 11) is 0. The van der Waals surface area contributed by atoms with Gasteiger partial charge >= 0.3 is 5.97 Å². The third-order valence-electron chi connectivity index (χ3n) is 4.13. The van der Waals surface area contributed by atoms with Crippen LogP contribution in [0, 0.1) is 12.8 Å². The average Bonchev–Trinajstić information content (AvgIpc) is 3.12. The Morgan fingerprint density at radius 3 is 2.62 bits per heavy atom. The first-order valence-electron chi connectivity index (χ1n) is 7.20. The molecule has 3 rings (SSSR count). The molecular weight excluding hydrogens is 302 g/mol. The van der Waals surface area contributed by atoms with E-state index < -0.39 is 5.97 Å². The van der Waals surface area contributed by atoms with Gasteiger partial charge in [-0.2, -0.15) is 11.3 Å². The molecule has 0 aromatic carbocycles. The van der Waals surface area contributed by atoms with Gasteiger partial charge in [0.1, 0.15) is 0 Å². The van der Waals surface area contributed by atoms with E-state index in [9.17, 15) is 4.79 Å². The average molecular weight is 321 g/mol. The maximum absolute atomic E-state index is 11.1. The quantitative estimate of drug-likeness (QED) is 0.925. The topological polar surface area (TPSA) is 40.5 Å². The summed E-state index contributed by atoms with van der Waals surface area (Å²) in [6.45, 7) is 3.85. The highest BCUT2D eigenvalue weighted by Crippen LogP contribution is 2.36. The van der Waals surface area contributed by atoms with E-state index in [0.29, 0.717) is 0 Å². The van der Waals surface area contributed by atoms with Crippen LogP contribution in [-0.2, 0) is 4.79 Å². The maximum atomic E-state index is 11.1. The van der Waals surface area contributed by atoms with Crippen LogP contribution in [0.5, 0.6) is 0 Å². The number of carboxylic acids is 1. The number of piperidine rings is 1. The number of thiophene rings is 2. The largest absolute Gasteiger partial charge is 0.481 e. The van der Waals surface area contributed by atoms with Gasteiger partial charge in [-0.15, -0.1) is 11.3 Å². The summed E-state index contributed by atoms with van der Waals surface area (Å²) in [5, 5.41) is 13.5. The van der Waals surface area contributed by atoms with Crippen molar-refractivity contribution >= 4 is 28.6 Å². The lowest BCUT2D eigenvalue weighted by atomic mass is 9.94. The third kappa shape index (κ3) is 3.20. The molecule has 1 N–H and O–H groups in total. The van der Waals surface area contributed by atoms with Gasteiger partial charge in [0.15, 0.2) is 0 Å². The van der Waals surface area contributed by atoms with Gasteiger partial charge < -0.3 is 5.11 Å². The number of likely N-dealkylation sites (tertiary alicyclic amines) is 1. The third-order valence-corrected chi connectivity index (χ3v) is 5.89. The summed E-state index contributed by atoms with van der Waals surface area (Å²) in [4.78, 5) is 16.2. The SMILES string of the molecule is Cc1ccc(C(c2ccsc2)N2CCC(C(=O)O)CC2)s1. The fourth-order valence-corrected chi connectivity index (χ4v) is 4.71. The van der Waals surface area contributed by atoms with Crippen molar-refractivity contribution in [2.75, 3.05) is 13.1 Å². The summed E-state index contributed by atoms with van der Waals surface area (Å²) >= 11 is 3.56. The minimum atomic E-state index is -0.645. The molecule has 0 saturated carbocycles. The summed E-state index contributed by atoms with van der Waals surface area (Å²) in [5.41, 5.74) is 1.33. The van der Waals surface area contributed by atoms with E-state index >= 15 is 0 Å². The van der Waals surface area contributed by atoms with Crippen molar-refractivity contribution < 1.29 is 9.90 Å². The maximum Gasteiger partial charge on any atom is 0.306 e. The molecule has 1 unspecified atom stereocenters. The van der Waals surface area contributed by atoms with Gasteiger partial charge in [-0.05, 0) is 67.4 Å². The van der Waals surface area contributed by atoms with E-state index in [1.807, 2.05) is 11.3 Å². The molecule has 21 heavy (non-hydrogen) atoms. The molecule has 1 saturated heterocycles. The first-order valence-corrected chi connectivity index (χ1v) is 8.96. The second-order valence-corrected chi connectivity index (χ2v) is 7.66. The number of aryl methyl sites for hydroxylation is 1. The van der Waals surface area contributed by atoms with Crippen molar-refractivity contribution in [3.8, 4) is 0 Å². The number of rotatable bonds is 4. The van der Waals surface area contributed by atoms with Crippen LogP contribution in [0.15, 0.2) is 29.0 Å². The number of hydrogen-bond donors (Lipinski definition) is 1. The van der Waals surface area contributed by atoms with E-state index in [1.165, 1.54) is 15.3 Å². The standard InChI is InChI=1S/C16H19NO2S2/c1-11-2-3-14(21-11)15(13-6-9-20-10-13)17-7-4-12(5-8-17)16(18)19/h2-3,6,9-10,12,15H,4-5,7-8H2,1H3,(H,18,19). The highest BCUT2D eigenvalue weighted by atomic mass is 32.1. The molecule has 1 fully saturated rings. The van der Waals surface area contributed by atoms with Gasteiger partial charge in [0.2, 0.25) is 0 Å². The van der Waals surface area contributed by atoms with E-state index in [0.717, 1.165) is 25.9 Å². The van der Waals surface area contributed by atoms with Crippen LogP contribution >= 0.6 is 22.7 Å². The zero-order valence-electron chi connectivity index (χ0n) is 12.0. The Bertz CT molecular complexity index is 598. The highest BCUT2D eigenvalue weighted by molar-refractivity contribution is 7.12. The van der Waals surface area contributed by atoms with Crippen molar-refractivity contribution in [1.29, 1.82) is 0 Å². The molecule has 112 valence electrons. The number of carboxylic acid groups (broad SMARTS) is 1. The zero-order valence-corrected chi connectivity index (χ0v) is 13.6. The Hall–Kier alpha value is -1.17. The lowest BCUT2D eigenvalue weighted by Crippen LogP contribution is -2.38. The minimum absolute atomic E-state index is 0.172. The van der Waals surface area contributed by atoms with Gasteiger partial charge in [0.05, 0.1) is 12.0 Å². The molecular formula is C16H19NO2S2. The molecule has 1 atom stereocenters. The zero-order chi connectivity index (χ0) is 14.8. The highest BCUT2D eigenvalue weighted by Gasteiger charge is 2.30. The van der Waals surface area contributed by atoms with E-state index in [1.54, 1.807) is 11.3 Å². The van der Waals surface area contributed by atoms with Crippen molar-refractivity contribution in [1.82, 2.24) is 4.90 Å². The Labute approximate surface area is 132 Å². The molecule has 1 aliphatic rings. The lowest BCUT2D eigenvalue weighted by Gasteiger charge is -2.36. The van der Waals surface area contributed by atoms with Gasteiger partial charge in [-0.1, -0.05) is 0 Å². The van der Waals surface area contributed by atoms with Crippen LogP contribution in [-0.4, -0.2) is 29.1 Å². The molecule has 0 radical (unpaired) electrons. The predicted octanol–water partition coefficient (Wildman–Crippen LogP) is 4.00. The summed E-state index contributed by atoms with van der Waals surface area (Å²) in [6, 6.07) is 6.85. The molecule has 2 aromatic heterocycles. The van der Waals surface area contributed by atoms with Gasteiger partial charge in [0.25, 0.3) is 0 Å². The summed E-state index contributed by atoms with van der Waals surface area (Å²) < 4.78 is 0. The van der Waals surface area contributed by atoms with Crippen LogP contribution in [0.3, 0.4) is 0 Å². The van der Waals surface area contributed by atoms with E-state index in [-0.39, 0.29) is 12.0 Å². The number of carbonyl (C=O) groups is 1. The van der Waals surface area contributed by atoms with Crippen molar-refractivity contribution in [2.24, 2.45) is 5.92 Å². The van der Waals surface area contributed by atoms with E-state index in [4.69, 9.17) is 5.11 Å². The number of hydrogen-bond acceptors (Lipinski definition) is 4. The van der Waals surface area contributed by atoms with Crippen molar-refractivity contribution in [3.05, 3.63) is 44.3 Å². The molecule has 0 spiro atoms. The van der Waals surface area contributed by atoms with Gasteiger partial charge in [-0.3, -0.25) is 9.69 Å². The Morgan fingerprint density at radius 1 is 1.33 bits per heavy atom. The molecule has 3 nitrogen and oxygen atoms in total. The number of aliphatic carboxylic acids is 1. The lowest BCUT2D eigenvalue weighted by molar-refractivity contribution is -0.143. The van der Waals surface area contributed by atoms with Crippen LogP contribution in [0.4, 0.5) is 0 Å². The molecule has 1 aliphatic heterocycles. The van der Waals surface area contributed by atoms with Crippen LogP contribution in [0.2, 0.25) is 0 Å². The Kier molecular flexibility index (Phi) is 4.42. The molecule has 3 heterocycles. The minimum Gasteiger partial charge on any atom is -0.481 e. The second kappa shape index (κ2) is 6.30. The Morgan fingerprint density at radius 2 is 2.10 bits per heavy atom. The molecule has 2 aromatic rings. The molecule has 0 aliphatic carbocycles.